The van der Waals surface area contributed by atoms with Crippen molar-refractivity contribution in [1.82, 2.24) is 28.9 Å². The molecular formula is C26H29F2N7O2S. The topological polar surface area (TPSA) is 105 Å². The van der Waals surface area contributed by atoms with Crippen LogP contribution in [0.3, 0.4) is 0 Å². The van der Waals surface area contributed by atoms with Crippen molar-refractivity contribution in [3.8, 4) is 0 Å². The van der Waals surface area contributed by atoms with Crippen LogP contribution in [0.5, 0.6) is 0 Å². The number of rotatable bonds is 5. The molecule has 4 aromatic rings. The number of halogens is 2. The van der Waals surface area contributed by atoms with Gasteiger partial charge in [0, 0.05) is 30.6 Å². The number of anilines is 1. The maximum Gasteiger partial charge on any atom is 0.273 e. The maximum absolute atomic E-state index is 14.4. The smallest absolute Gasteiger partial charge is 0.273 e. The Labute approximate surface area is 219 Å². The predicted octanol–water partition coefficient (Wildman–Crippen LogP) is 4.33. The molecule has 12 heteroatoms. The number of sulfonamides is 1. The van der Waals surface area contributed by atoms with Crippen molar-refractivity contribution < 1.29 is 17.2 Å². The van der Waals surface area contributed by atoms with Crippen molar-refractivity contribution in [3.05, 3.63) is 58.7 Å². The zero-order valence-electron chi connectivity index (χ0n) is 21.4. The zero-order chi connectivity index (χ0) is 26.8. The molecule has 1 aliphatic carbocycles. The molecule has 1 saturated heterocycles. The van der Waals surface area contributed by atoms with E-state index in [0.717, 1.165) is 16.5 Å². The monoisotopic (exact) mass is 541 g/mol. The van der Waals surface area contributed by atoms with Gasteiger partial charge in [-0.3, -0.25) is 4.40 Å². The molecule has 1 atom stereocenters. The number of aryl methyl sites for hydroxylation is 1. The Morgan fingerprint density at radius 2 is 1.92 bits per heavy atom. The lowest BCUT2D eigenvalue weighted by atomic mass is 9.90. The van der Waals surface area contributed by atoms with Crippen LogP contribution >= 0.6 is 0 Å². The first-order valence-corrected chi connectivity index (χ1v) is 14.6. The normalized spacial score (nSPS) is 19.2. The van der Waals surface area contributed by atoms with Crippen LogP contribution in [0, 0.1) is 6.92 Å². The summed E-state index contributed by atoms with van der Waals surface area (Å²) in [6.07, 6.45) is 4.36. The molecule has 9 nitrogen and oxygen atoms in total. The van der Waals surface area contributed by atoms with Gasteiger partial charge in [-0.2, -0.15) is 0 Å². The number of aromatic nitrogens is 5. The third-order valence-corrected chi connectivity index (χ3v) is 9.15. The molecule has 0 amide bonds. The lowest BCUT2D eigenvalue weighted by Crippen LogP contribution is -2.37. The van der Waals surface area contributed by atoms with E-state index < -0.39 is 15.9 Å². The summed E-state index contributed by atoms with van der Waals surface area (Å²) >= 11 is 0. The molecule has 2 aliphatic rings. The predicted molar refractivity (Wildman–Crippen MR) is 140 cm³/mol. The van der Waals surface area contributed by atoms with Crippen molar-refractivity contribution in [2.24, 2.45) is 0 Å². The zero-order valence-corrected chi connectivity index (χ0v) is 22.3. The van der Waals surface area contributed by atoms with Gasteiger partial charge in [0.15, 0.2) is 11.3 Å². The van der Waals surface area contributed by atoms with E-state index in [2.05, 4.69) is 20.5 Å². The van der Waals surface area contributed by atoms with E-state index in [4.69, 9.17) is 4.98 Å². The summed E-state index contributed by atoms with van der Waals surface area (Å²) in [5, 5.41) is 12.7. The lowest BCUT2D eigenvalue weighted by Gasteiger charge is -2.30. The molecule has 200 valence electrons. The fourth-order valence-electron chi connectivity index (χ4n) is 5.93. The molecule has 6 rings (SSSR count). The third-order valence-electron chi connectivity index (χ3n) is 7.85. The summed E-state index contributed by atoms with van der Waals surface area (Å²) in [6, 6.07) is 6.86. The van der Waals surface area contributed by atoms with Gasteiger partial charge in [0.1, 0.15) is 18.0 Å². The van der Waals surface area contributed by atoms with Gasteiger partial charge in [-0.05, 0) is 56.2 Å². The van der Waals surface area contributed by atoms with E-state index in [9.17, 15) is 17.2 Å². The van der Waals surface area contributed by atoms with Crippen LogP contribution in [0.4, 0.5) is 14.6 Å². The van der Waals surface area contributed by atoms with Crippen LogP contribution in [0.15, 0.2) is 30.6 Å². The second-order valence-corrected chi connectivity index (χ2v) is 12.3. The quantitative estimate of drug-likeness (QED) is 0.401. The van der Waals surface area contributed by atoms with Gasteiger partial charge in [-0.1, -0.05) is 18.2 Å². The molecule has 3 aromatic heterocycles. The van der Waals surface area contributed by atoms with Gasteiger partial charge < -0.3 is 5.32 Å². The minimum Gasteiger partial charge on any atom is -0.363 e. The molecule has 38 heavy (non-hydrogen) atoms. The summed E-state index contributed by atoms with van der Waals surface area (Å²) < 4.78 is 56.2. The number of piperidine rings is 1. The number of hydrogen-bond acceptors (Lipinski definition) is 7. The number of benzene rings is 1. The van der Waals surface area contributed by atoms with Crippen LogP contribution in [0.2, 0.25) is 0 Å². The molecule has 0 unspecified atom stereocenters. The van der Waals surface area contributed by atoms with Crippen LogP contribution < -0.4 is 5.32 Å². The maximum atomic E-state index is 14.4. The molecule has 1 N–H and O–H groups in total. The first kappa shape index (κ1) is 25.1. The Hall–Kier alpha value is -3.25. The van der Waals surface area contributed by atoms with Crippen molar-refractivity contribution in [2.45, 2.75) is 57.4 Å². The number of alkyl halides is 2. The standard InChI is InChI=1S/C26H29F2N7O2S/c1-15(18-5-4-6-22-19(18)7-10-26(22,27)28)30-23-21-13-20(17-8-11-34(12-9-17)38(3,36)37)25-33-29-14-35(25)24(21)32-16(2)31-23/h4-6,13-15,17H,7-12H2,1-3H3,(H,30,31,32)/t15-/m1/s1. The van der Waals surface area contributed by atoms with Gasteiger partial charge in [-0.15, -0.1) is 10.2 Å². The van der Waals surface area contributed by atoms with Gasteiger partial charge in [-0.25, -0.2) is 31.5 Å². The Morgan fingerprint density at radius 1 is 1.16 bits per heavy atom. The first-order valence-electron chi connectivity index (χ1n) is 12.8. The number of hydrogen-bond donors (Lipinski definition) is 1. The van der Waals surface area contributed by atoms with Crippen LogP contribution in [-0.4, -0.2) is 56.6 Å². The summed E-state index contributed by atoms with van der Waals surface area (Å²) in [6.45, 7) is 4.64. The first-order chi connectivity index (χ1) is 18.0. The molecule has 1 aromatic carbocycles. The molecule has 0 bridgehead atoms. The van der Waals surface area contributed by atoms with Crippen LogP contribution in [0.1, 0.15) is 66.2 Å². The fraction of sp³-hybridized carbons (Fsp3) is 0.462. The van der Waals surface area contributed by atoms with Gasteiger partial charge in [0.2, 0.25) is 10.0 Å². The third kappa shape index (κ3) is 4.19. The molecular weight excluding hydrogens is 512 g/mol. The van der Waals surface area contributed by atoms with Crippen LogP contribution in [-0.2, 0) is 22.4 Å². The highest BCUT2D eigenvalue weighted by atomic mass is 32.2. The second-order valence-electron chi connectivity index (χ2n) is 10.4. The Morgan fingerprint density at radius 3 is 2.66 bits per heavy atom. The highest BCUT2D eigenvalue weighted by molar-refractivity contribution is 7.88. The summed E-state index contributed by atoms with van der Waals surface area (Å²) in [5.41, 5.74) is 3.95. The number of fused-ring (bicyclic) bond motifs is 4. The molecule has 1 fully saturated rings. The second kappa shape index (κ2) is 8.91. The van der Waals surface area contributed by atoms with Crippen molar-refractivity contribution in [2.75, 3.05) is 24.7 Å². The number of pyridine rings is 1. The molecule has 0 radical (unpaired) electrons. The Bertz CT molecular complexity index is 1660. The molecule has 0 saturated carbocycles. The largest absolute Gasteiger partial charge is 0.363 e. The van der Waals surface area contributed by atoms with Gasteiger partial charge in [0.25, 0.3) is 5.92 Å². The van der Waals surface area contributed by atoms with E-state index in [-0.39, 0.29) is 23.9 Å². The number of nitrogens with one attached hydrogen (secondary N) is 1. The van der Waals surface area contributed by atoms with E-state index in [1.807, 2.05) is 23.5 Å². The molecule has 1 aliphatic heterocycles. The SMILES string of the molecule is Cc1nc(N[C@H](C)c2cccc3c2CCC3(F)F)c2cc(C3CCN(S(C)(=O)=O)CC3)c3nncn3c2n1. The minimum absolute atomic E-state index is 0.0929. The van der Waals surface area contributed by atoms with E-state index in [1.54, 1.807) is 19.3 Å². The van der Waals surface area contributed by atoms with Gasteiger partial charge in [0.05, 0.1) is 17.7 Å². The number of nitrogens with zero attached hydrogens (tertiary/aromatic N) is 6. The lowest BCUT2D eigenvalue weighted by molar-refractivity contribution is -0.00184. The average molecular weight is 542 g/mol. The molecule has 4 heterocycles. The Kier molecular flexibility index (Phi) is 5.87. The van der Waals surface area contributed by atoms with Crippen LogP contribution in [0.25, 0.3) is 16.7 Å². The van der Waals surface area contributed by atoms with Crippen molar-refractivity contribution in [3.63, 3.8) is 0 Å². The van der Waals surface area contributed by atoms with E-state index >= 15 is 0 Å². The van der Waals surface area contributed by atoms with E-state index in [0.29, 0.717) is 60.9 Å². The van der Waals surface area contributed by atoms with Crippen molar-refractivity contribution >= 4 is 32.5 Å². The summed E-state index contributed by atoms with van der Waals surface area (Å²) in [7, 11) is -3.24. The highest BCUT2D eigenvalue weighted by Crippen LogP contribution is 2.44. The fourth-order valence-corrected chi connectivity index (χ4v) is 6.80. The Balaban J connectivity index is 1.41. The summed E-state index contributed by atoms with van der Waals surface area (Å²) in [5.74, 6) is -1.55. The average Bonchev–Trinajstić information content (AvgIpc) is 3.48. The summed E-state index contributed by atoms with van der Waals surface area (Å²) in [4.78, 5) is 9.37. The van der Waals surface area contributed by atoms with E-state index in [1.165, 1.54) is 16.6 Å². The molecule has 0 spiro atoms. The minimum atomic E-state index is -3.24. The van der Waals surface area contributed by atoms with Gasteiger partial charge >= 0.3 is 0 Å². The van der Waals surface area contributed by atoms with Crippen molar-refractivity contribution in [1.29, 1.82) is 0 Å². The highest BCUT2D eigenvalue weighted by Gasteiger charge is 2.40.